The molecule has 1 N–H and O–H groups in total. The van der Waals surface area contributed by atoms with Gasteiger partial charge in [-0.1, -0.05) is 18.2 Å². The first-order chi connectivity index (χ1) is 11.8. The van der Waals surface area contributed by atoms with E-state index in [0.717, 1.165) is 21.8 Å². The number of benzene rings is 2. The lowest BCUT2D eigenvalue weighted by Crippen LogP contribution is -2.33. The van der Waals surface area contributed by atoms with Crippen LogP contribution in [0.15, 0.2) is 46.2 Å². The fraction of sp³-hybridized carbons (Fsp3) is 0.278. The third kappa shape index (κ3) is 3.52. The fourth-order valence-electron chi connectivity index (χ4n) is 2.86. The Bertz CT molecular complexity index is 919. The zero-order valence-electron chi connectivity index (χ0n) is 14.4. The maximum Gasteiger partial charge on any atom is 0.261 e. The summed E-state index contributed by atoms with van der Waals surface area (Å²) in [5.74, 6) is 0.720. The SMILES string of the molecule is CC(=O)N1CCSc2ccc(S(=O)(=O)Nc3c(C)cccc3C)cc21. The molecule has 132 valence electrons. The van der Waals surface area contributed by atoms with Gasteiger partial charge in [0.1, 0.15) is 0 Å². The monoisotopic (exact) mass is 376 g/mol. The van der Waals surface area contributed by atoms with Gasteiger partial charge < -0.3 is 4.90 Å². The number of sulfonamides is 1. The molecule has 7 heteroatoms. The normalized spacial score (nSPS) is 14.1. The maximum atomic E-state index is 12.8. The standard InChI is InChI=1S/C18H20N2O3S2/c1-12-5-4-6-13(2)18(12)19-25(22,23)15-7-8-17-16(11-15)20(14(3)21)9-10-24-17/h4-8,11,19H,9-10H2,1-3H3. The zero-order valence-corrected chi connectivity index (χ0v) is 16.0. The number of nitrogens with one attached hydrogen (secondary N) is 1. The van der Waals surface area contributed by atoms with Gasteiger partial charge in [-0.25, -0.2) is 8.42 Å². The molecule has 0 unspecified atom stereocenters. The molecule has 0 bridgehead atoms. The van der Waals surface area contributed by atoms with E-state index in [-0.39, 0.29) is 10.8 Å². The minimum Gasteiger partial charge on any atom is -0.311 e. The van der Waals surface area contributed by atoms with Crippen LogP contribution in [0.2, 0.25) is 0 Å². The first-order valence-corrected chi connectivity index (χ1v) is 10.4. The maximum absolute atomic E-state index is 12.8. The van der Waals surface area contributed by atoms with Crippen LogP contribution in [0.25, 0.3) is 0 Å². The van der Waals surface area contributed by atoms with Crippen molar-refractivity contribution >= 4 is 39.1 Å². The Morgan fingerprint density at radius 2 is 1.84 bits per heavy atom. The molecule has 1 aliphatic rings. The van der Waals surface area contributed by atoms with Gasteiger partial charge in [-0.15, -0.1) is 11.8 Å². The first-order valence-electron chi connectivity index (χ1n) is 7.93. The second-order valence-electron chi connectivity index (χ2n) is 6.02. The van der Waals surface area contributed by atoms with E-state index in [2.05, 4.69) is 4.72 Å². The van der Waals surface area contributed by atoms with Crippen LogP contribution < -0.4 is 9.62 Å². The molecule has 1 heterocycles. The minimum atomic E-state index is -3.74. The Labute approximate surface area is 152 Å². The van der Waals surface area contributed by atoms with Crippen LogP contribution in [0.3, 0.4) is 0 Å². The molecule has 0 atom stereocenters. The van der Waals surface area contributed by atoms with Crippen molar-refractivity contribution in [3.05, 3.63) is 47.5 Å². The van der Waals surface area contributed by atoms with Crippen molar-refractivity contribution in [2.24, 2.45) is 0 Å². The summed E-state index contributed by atoms with van der Waals surface area (Å²) >= 11 is 1.63. The third-order valence-corrected chi connectivity index (χ3v) is 6.59. The Morgan fingerprint density at radius 3 is 2.48 bits per heavy atom. The summed E-state index contributed by atoms with van der Waals surface area (Å²) in [4.78, 5) is 14.6. The molecule has 0 spiro atoms. The molecule has 2 aromatic rings. The van der Waals surface area contributed by atoms with Crippen LogP contribution in [0.4, 0.5) is 11.4 Å². The number of fused-ring (bicyclic) bond motifs is 1. The van der Waals surface area contributed by atoms with E-state index in [1.807, 2.05) is 32.0 Å². The van der Waals surface area contributed by atoms with Crippen molar-refractivity contribution in [1.29, 1.82) is 0 Å². The number of para-hydroxylation sites is 1. The van der Waals surface area contributed by atoms with Crippen LogP contribution in [-0.4, -0.2) is 26.6 Å². The number of thioether (sulfide) groups is 1. The van der Waals surface area contributed by atoms with Gasteiger partial charge >= 0.3 is 0 Å². The van der Waals surface area contributed by atoms with Crippen molar-refractivity contribution in [1.82, 2.24) is 0 Å². The Morgan fingerprint density at radius 1 is 1.16 bits per heavy atom. The number of anilines is 2. The number of nitrogens with zero attached hydrogens (tertiary/aromatic N) is 1. The molecule has 3 rings (SSSR count). The molecule has 0 fully saturated rings. The Hall–Kier alpha value is -1.99. The highest BCUT2D eigenvalue weighted by Crippen LogP contribution is 2.37. The quantitative estimate of drug-likeness (QED) is 0.889. The summed E-state index contributed by atoms with van der Waals surface area (Å²) in [7, 11) is -3.74. The molecular formula is C18H20N2O3S2. The van der Waals surface area contributed by atoms with Crippen molar-refractivity contribution < 1.29 is 13.2 Å². The highest BCUT2D eigenvalue weighted by Gasteiger charge is 2.24. The van der Waals surface area contributed by atoms with Gasteiger partial charge in [0.15, 0.2) is 0 Å². The topological polar surface area (TPSA) is 66.5 Å². The predicted octanol–water partition coefficient (Wildman–Crippen LogP) is 3.56. The van der Waals surface area contributed by atoms with Crippen LogP contribution in [0.5, 0.6) is 0 Å². The van der Waals surface area contributed by atoms with E-state index in [1.54, 1.807) is 34.9 Å². The van der Waals surface area contributed by atoms with Gasteiger partial charge in [0.05, 0.1) is 16.3 Å². The average molecular weight is 377 g/mol. The molecule has 0 saturated heterocycles. The molecule has 2 aromatic carbocycles. The Kier molecular flexibility index (Phi) is 4.79. The summed E-state index contributed by atoms with van der Waals surface area (Å²) in [5.41, 5.74) is 2.98. The lowest BCUT2D eigenvalue weighted by atomic mass is 10.1. The molecule has 1 amide bonds. The van der Waals surface area contributed by atoms with Crippen LogP contribution in [0.1, 0.15) is 18.1 Å². The first kappa shape index (κ1) is 17.8. The largest absolute Gasteiger partial charge is 0.311 e. The second kappa shape index (κ2) is 6.72. The van der Waals surface area contributed by atoms with E-state index in [4.69, 9.17) is 0 Å². The molecule has 0 saturated carbocycles. The number of hydrogen-bond acceptors (Lipinski definition) is 4. The average Bonchev–Trinajstić information content (AvgIpc) is 2.57. The summed E-state index contributed by atoms with van der Waals surface area (Å²) < 4.78 is 28.4. The number of carbonyl (C=O) groups is 1. The summed E-state index contributed by atoms with van der Waals surface area (Å²) in [6, 6.07) is 10.6. The van der Waals surface area contributed by atoms with Gasteiger partial charge in [0.25, 0.3) is 10.0 Å². The van der Waals surface area contributed by atoms with E-state index in [1.165, 1.54) is 6.92 Å². The molecule has 0 aromatic heterocycles. The van der Waals surface area contributed by atoms with Crippen LogP contribution >= 0.6 is 11.8 Å². The van der Waals surface area contributed by atoms with Gasteiger partial charge in [-0.05, 0) is 43.2 Å². The van der Waals surface area contributed by atoms with Crippen molar-refractivity contribution in [3.8, 4) is 0 Å². The van der Waals surface area contributed by atoms with E-state index in [0.29, 0.717) is 17.9 Å². The van der Waals surface area contributed by atoms with E-state index in [9.17, 15) is 13.2 Å². The van der Waals surface area contributed by atoms with Crippen LogP contribution in [-0.2, 0) is 14.8 Å². The fourth-order valence-corrected chi connectivity index (χ4v) is 5.06. The van der Waals surface area contributed by atoms with Gasteiger partial charge in [0, 0.05) is 24.1 Å². The molecule has 0 aliphatic carbocycles. The van der Waals surface area contributed by atoms with Crippen molar-refractivity contribution in [2.45, 2.75) is 30.6 Å². The number of amides is 1. The molecule has 0 radical (unpaired) electrons. The van der Waals surface area contributed by atoms with Crippen molar-refractivity contribution in [2.75, 3.05) is 21.9 Å². The highest BCUT2D eigenvalue weighted by molar-refractivity contribution is 7.99. The van der Waals surface area contributed by atoms with Gasteiger partial charge in [-0.3, -0.25) is 9.52 Å². The smallest absolute Gasteiger partial charge is 0.261 e. The molecular weight excluding hydrogens is 356 g/mol. The second-order valence-corrected chi connectivity index (χ2v) is 8.84. The van der Waals surface area contributed by atoms with E-state index >= 15 is 0 Å². The zero-order chi connectivity index (χ0) is 18.2. The minimum absolute atomic E-state index is 0.0844. The van der Waals surface area contributed by atoms with Crippen molar-refractivity contribution in [3.63, 3.8) is 0 Å². The number of carbonyl (C=O) groups excluding carboxylic acids is 1. The van der Waals surface area contributed by atoms with E-state index < -0.39 is 10.0 Å². The van der Waals surface area contributed by atoms with Gasteiger partial charge in [0.2, 0.25) is 5.91 Å². The molecule has 5 nitrogen and oxygen atoms in total. The highest BCUT2D eigenvalue weighted by atomic mass is 32.2. The number of aryl methyl sites for hydroxylation is 2. The lowest BCUT2D eigenvalue weighted by Gasteiger charge is -2.28. The van der Waals surface area contributed by atoms with Crippen LogP contribution in [0, 0.1) is 13.8 Å². The predicted molar refractivity (Wildman–Crippen MR) is 102 cm³/mol. The summed E-state index contributed by atoms with van der Waals surface area (Å²) in [6.07, 6.45) is 0. The lowest BCUT2D eigenvalue weighted by molar-refractivity contribution is -0.116. The molecule has 25 heavy (non-hydrogen) atoms. The summed E-state index contributed by atoms with van der Waals surface area (Å²) in [5, 5.41) is 0. The third-order valence-electron chi connectivity index (χ3n) is 4.20. The van der Waals surface area contributed by atoms with Gasteiger partial charge in [-0.2, -0.15) is 0 Å². The number of rotatable bonds is 3. The Balaban J connectivity index is 2.01. The molecule has 1 aliphatic heterocycles. The summed E-state index contributed by atoms with van der Waals surface area (Å²) in [6.45, 7) is 5.81. The number of hydrogen-bond donors (Lipinski definition) is 1.